The molecule has 1 aromatic carbocycles. The van der Waals surface area contributed by atoms with Gasteiger partial charge in [-0.15, -0.1) is 0 Å². The van der Waals surface area contributed by atoms with Crippen LogP contribution in [0.3, 0.4) is 0 Å². The number of fused-ring (bicyclic) bond motifs is 1. The van der Waals surface area contributed by atoms with Gasteiger partial charge in [0.1, 0.15) is 5.56 Å². The van der Waals surface area contributed by atoms with Crippen molar-refractivity contribution in [2.75, 3.05) is 20.3 Å². The molecule has 9 nitrogen and oxygen atoms in total. The number of nitro groups is 1. The lowest BCUT2D eigenvalue weighted by Crippen LogP contribution is -2.35. The van der Waals surface area contributed by atoms with Crippen LogP contribution in [0.4, 0.5) is 5.69 Å². The number of nitrogens with zero attached hydrogens (tertiary/aromatic N) is 3. The number of imide groups is 1. The number of benzene rings is 1. The smallest absolute Gasteiger partial charge is 0.282 e. The van der Waals surface area contributed by atoms with Gasteiger partial charge in [0.2, 0.25) is 0 Å². The minimum absolute atomic E-state index is 0.0537. The number of methoxy groups -OCH3 is 1. The first kappa shape index (κ1) is 20.4. The van der Waals surface area contributed by atoms with Gasteiger partial charge in [0.25, 0.3) is 17.5 Å². The number of aryl methyl sites for hydroxylation is 1. The topological polar surface area (TPSA) is 112 Å². The van der Waals surface area contributed by atoms with Crippen molar-refractivity contribution in [2.24, 2.45) is 0 Å². The predicted molar refractivity (Wildman–Crippen MR) is 103 cm³/mol. The molecule has 0 spiro atoms. The quantitative estimate of drug-likeness (QED) is 0.222. The standard InChI is InChI=1S/C20H21N3O6/c1-12-10-15(13(2)21(12)8-5-9-29-3)17(24)11-22-19(25)14-6-4-7-16(23(27)28)18(14)20(22)26/h4,6-7,10H,5,8-9,11H2,1-3H3. The summed E-state index contributed by atoms with van der Waals surface area (Å²) in [4.78, 5) is 49.4. The second kappa shape index (κ2) is 7.96. The molecule has 2 aromatic rings. The molecule has 2 heterocycles. The van der Waals surface area contributed by atoms with E-state index in [-0.39, 0.29) is 11.1 Å². The van der Waals surface area contributed by atoms with E-state index in [4.69, 9.17) is 4.74 Å². The number of carbonyl (C=O) groups is 3. The number of hydrogen-bond acceptors (Lipinski definition) is 6. The van der Waals surface area contributed by atoms with Gasteiger partial charge in [-0.25, -0.2) is 0 Å². The number of Topliss-reactive ketones (excluding diaryl/α,β-unsaturated/α-hetero) is 1. The van der Waals surface area contributed by atoms with Crippen LogP contribution in [-0.4, -0.2) is 52.2 Å². The fourth-order valence-corrected chi connectivity index (χ4v) is 3.63. The van der Waals surface area contributed by atoms with E-state index in [0.717, 1.165) is 22.7 Å². The molecule has 0 unspecified atom stereocenters. The maximum atomic E-state index is 12.9. The number of nitro benzene ring substituents is 1. The van der Waals surface area contributed by atoms with Crippen molar-refractivity contribution in [2.45, 2.75) is 26.8 Å². The fraction of sp³-hybridized carbons (Fsp3) is 0.350. The summed E-state index contributed by atoms with van der Waals surface area (Å²) < 4.78 is 7.04. The zero-order valence-electron chi connectivity index (χ0n) is 16.4. The molecule has 0 saturated heterocycles. The van der Waals surface area contributed by atoms with Crippen LogP contribution >= 0.6 is 0 Å². The molecule has 0 radical (unpaired) electrons. The highest BCUT2D eigenvalue weighted by molar-refractivity contribution is 6.24. The molecule has 1 aromatic heterocycles. The molecule has 152 valence electrons. The van der Waals surface area contributed by atoms with E-state index in [1.807, 2.05) is 11.5 Å². The van der Waals surface area contributed by atoms with Gasteiger partial charge in [0.05, 0.1) is 17.0 Å². The molecule has 0 fully saturated rings. The number of hydrogen-bond donors (Lipinski definition) is 0. The molecule has 9 heteroatoms. The fourth-order valence-electron chi connectivity index (χ4n) is 3.63. The largest absolute Gasteiger partial charge is 0.385 e. The lowest BCUT2D eigenvalue weighted by atomic mass is 10.1. The van der Waals surface area contributed by atoms with E-state index in [1.165, 1.54) is 18.2 Å². The van der Waals surface area contributed by atoms with Gasteiger partial charge in [-0.1, -0.05) is 6.07 Å². The van der Waals surface area contributed by atoms with E-state index in [1.54, 1.807) is 20.1 Å². The lowest BCUT2D eigenvalue weighted by molar-refractivity contribution is -0.385. The summed E-state index contributed by atoms with van der Waals surface area (Å²) in [6, 6.07) is 5.60. The van der Waals surface area contributed by atoms with Crippen molar-refractivity contribution in [3.63, 3.8) is 0 Å². The molecular formula is C20H21N3O6. The maximum absolute atomic E-state index is 12.9. The Balaban J connectivity index is 1.84. The minimum Gasteiger partial charge on any atom is -0.385 e. The van der Waals surface area contributed by atoms with E-state index in [2.05, 4.69) is 0 Å². The summed E-state index contributed by atoms with van der Waals surface area (Å²) >= 11 is 0. The zero-order chi connectivity index (χ0) is 21.3. The maximum Gasteiger partial charge on any atom is 0.282 e. The molecule has 29 heavy (non-hydrogen) atoms. The molecule has 0 saturated carbocycles. The van der Waals surface area contributed by atoms with Crippen molar-refractivity contribution >= 4 is 23.3 Å². The van der Waals surface area contributed by atoms with Gasteiger partial charge >= 0.3 is 0 Å². The second-order valence-corrected chi connectivity index (χ2v) is 6.86. The number of carbonyl (C=O) groups excluding carboxylic acids is 3. The molecule has 1 aliphatic heterocycles. The highest BCUT2D eigenvalue weighted by atomic mass is 16.6. The molecule has 0 atom stereocenters. The number of ketones is 1. The van der Waals surface area contributed by atoms with E-state index < -0.39 is 34.8 Å². The van der Waals surface area contributed by atoms with Crippen molar-refractivity contribution < 1.29 is 24.0 Å². The van der Waals surface area contributed by atoms with Gasteiger partial charge in [-0.2, -0.15) is 0 Å². The molecule has 2 amide bonds. The number of aromatic nitrogens is 1. The minimum atomic E-state index is -0.820. The Morgan fingerprint density at radius 2 is 1.93 bits per heavy atom. The average Bonchev–Trinajstić information content (AvgIpc) is 3.10. The van der Waals surface area contributed by atoms with E-state index in [9.17, 15) is 24.5 Å². The van der Waals surface area contributed by atoms with Crippen LogP contribution in [0.25, 0.3) is 0 Å². The first-order valence-electron chi connectivity index (χ1n) is 9.10. The van der Waals surface area contributed by atoms with Crippen molar-refractivity contribution in [3.8, 4) is 0 Å². The molecule has 3 rings (SSSR count). The predicted octanol–water partition coefficient (Wildman–Crippen LogP) is 2.53. The normalized spacial score (nSPS) is 13.1. The lowest BCUT2D eigenvalue weighted by Gasteiger charge is -2.13. The second-order valence-electron chi connectivity index (χ2n) is 6.86. The molecule has 0 aliphatic carbocycles. The van der Waals surface area contributed by atoms with Gasteiger partial charge in [-0.3, -0.25) is 29.4 Å². The van der Waals surface area contributed by atoms with Gasteiger partial charge in [0.15, 0.2) is 5.78 Å². The monoisotopic (exact) mass is 399 g/mol. The van der Waals surface area contributed by atoms with Crippen LogP contribution in [0.2, 0.25) is 0 Å². The van der Waals surface area contributed by atoms with E-state index in [0.29, 0.717) is 18.7 Å². The number of ether oxygens (including phenoxy) is 1. The summed E-state index contributed by atoms with van der Waals surface area (Å²) in [6.45, 7) is 4.49. The molecular weight excluding hydrogens is 378 g/mol. The third kappa shape index (κ3) is 3.56. The van der Waals surface area contributed by atoms with Crippen LogP contribution in [0.5, 0.6) is 0 Å². The Morgan fingerprint density at radius 3 is 2.59 bits per heavy atom. The van der Waals surface area contributed by atoms with Crippen LogP contribution < -0.4 is 0 Å². The molecule has 0 bridgehead atoms. The Bertz CT molecular complexity index is 1020. The van der Waals surface area contributed by atoms with Crippen LogP contribution in [0.1, 0.15) is 48.9 Å². The first-order chi connectivity index (χ1) is 13.8. The van der Waals surface area contributed by atoms with Gasteiger partial charge < -0.3 is 9.30 Å². The third-order valence-electron chi connectivity index (χ3n) is 5.08. The van der Waals surface area contributed by atoms with Crippen molar-refractivity contribution in [3.05, 3.63) is 62.5 Å². The van der Waals surface area contributed by atoms with Crippen LogP contribution in [-0.2, 0) is 11.3 Å². The SMILES string of the molecule is COCCCn1c(C)cc(C(=O)CN2C(=O)c3cccc([N+](=O)[O-])c3C2=O)c1C. The molecule has 0 N–H and O–H groups in total. The summed E-state index contributed by atoms with van der Waals surface area (Å²) in [6.07, 6.45) is 0.780. The molecule has 1 aliphatic rings. The highest BCUT2D eigenvalue weighted by Gasteiger charge is 2.41. The average molecular weight is 399 g/mol. The number of amides is 2. The number of rotatable bonds is 8. The summed E-state index contributed by atoms with van der Waals surface area (Å²) in [5.41, 5.74) is 1.30. The Labute approximate surface area is 167 Å². The third-order valence-corrected chi connectivity index (χ3v) is 5.08. The summed E-state index contributed by atoms with van der Waals surface area (Å²) in [5.74, 6) is -1.91. The van der Waals surface area contributed by atoms with Crippen LogP contribution in [0, 0.1) is 24.0 Å². The summed E-state index contributed by atoms with van der Waals surface area (Å²) in [7, 11) is 1.62. The Hall–Kier alpha value is -3.33. The highest BCUT2D eigenvalue weighted by Crippen LogP contribution is 2.31. The van der Waals surface area contributed by atoms with Crippen LogP contribution in [0.15, 0.2) is 24.3 Å². The van der Waals surface area contributed by atoms with Crippen molar-refractivity contribution in [1.82, 2.24) is 9.47 Å². The van der Waals surface area contributed by atoms with Gasteiger partial charge in [0, 0.05) is 43.3 Å². The van der Waals surface area contributed by atoms with E-state index >= 15 is 0 Å². The Morgan fingerprint density at radius 1 is 1.21 bits per heavy atom. The summed E-state index contributed by atoms with van der Waals surface area (Å²) in [5, 5.41) is 11.2. The first-order valence-corrected chi connectivity index (χ1v) is 9.10. The van der Waals surface area contributed by atoms with Crippen molar-refractivity contribution in [1.29, 1.82) is 0 Å². The zero-order valence-corrected chi connectivity index (χ0v) is 16.4. The Kier molecular flexibility index (Phi) is 5.60. The van der Waals surface area contributed by atoms with Gasteiger partial charge in [-0.05, 0) is 32.4 Å².